The van der Waals surface area contributed by atoms with Gasteiger partial charge in [-0.1, -0.05) is 42.1 Å². The Labute approximate surface area is 179 Å². The van der Waals surface area contributed by atoms with Gasteiger partial charge in [-0.25, -0.2) is 8.42 Å². The number of amides is 1. The molecule has 2 aromatic carbocycles. The molecular formula is C21H20N2O5S2. The molecule has 30 heavy (non-hydrogen) atoms. The Kier molecular flexibility index (Phi) is 4.94. The molecule has 0 saturated carbocycles. The molecular weight excluding hydrogens is 424 g/mol. The Morgan fingerprint density at radius 3 is 2.73 bits per heavy atom. The molecule has 0 aliphatic carbocycles. The van der Waals surface area contributed by atoms with E-state index >= 15 is 0 Å². The van der Waals surface area contributed by atoms with E-state index in [4.69, 9.17) is 9.47 Å². The Hall–Kier alpha value is -2.52. The first-order valence-electron chi connectivity index (χ1n) is 9.69. The molecule has 7 nitrogen and oxygen atoms in total. The highest BCUT2D eigenvalue weighted by Gasteiger charge is 2.48. The van der Waals surface area contributed by atoms with Crippen LogP contribution in [-0.2, 0) is 16.3 Å². The van der Waals surface area contributed by atoms with Gasteiger partial charge in [0.15, 0.2) is 26.5 Å². The van der Waals surface area contributed by atoms with Crippen LogP contribution in [0.3, 0.4) is 0 Å². The predicted octanol–water partition coefficient (Wildman–Crippen LogP) is 2.37. The minimum Gasteiger partial charge on any atom is -0.454 e. The third-order valence-electron chi connectivity index (χ3n) is 5.48. The van der Waals surface area contributed by atoms with E-state index in [1.165, 1.54) is 11.8 Å². The zero-order valence-corrected chi connectivity index (χ0v) is 17.7. The van der Waals surface area contributed by atoms with Gasteiger partial charge in [0.1, 0.15) is 0 Å². The molecule has 3 aliphatic rings. The molecule has 0 aromatic heterocycles. The van der Waals surface area contributed by atoms with E-state index in [2.05, 4.69) is 4.99 Å². The molecule has 0 radical (unpaired) electrons. The Morgan fingerprint density at radius 2 is 1.90 bits per heavy atom. The van der Waals surface area contributed by atoms with Gasteiger partial charge in [-0.3, -0.25) is 4.79 Å². The molecule has 1 amide bonds. The highest BCUT2D eigenvalue weighted by Crippen LogP contribution is 2.38. The molecule has 5 rings (SSSR count). The molecule has 156 valence electrons. The Morgan fingerprint density at radius 1 is 1.10 bits per heavy atom. The minimum absolute atomic E-state index is 0.0888. The van der Waals surface area contributed by atoms with Gasteiger partial charge in [-0.15, -0.1) is 0 Å². The number of benzene rings is 2. The van der Waals surface area contributed by atoms with Crippen molar-refractivity contribution in [1.29, 1.82) is 0 Å². The molecule has 3 heterocycles. The Bertz CT molecular complexity index is 1120. The molecule has 0 unspecified atom stereocenters. The summed E-state index contributed by atoms with van der Waals surface area (Å²) in [5, 5.41) is 0.507. The number of nitrogens with zero attached hydrogens (tertiary/aromatic N) is 2. The zero-order valence-electron chi connectivity index (χ0n) is 16.1. The van der Waals surface area contributed by atoms with Crippen molar-refractivity contribution in [3.05, 3.63) is 59.7 Å². The number of carbonyl (C=O) groups is 1. The number of carbonyl (C=O) groups excluding carboxylic acids is 1. The summed E-state index contributed by atoms with van der Waals surface area (Å²) >= 11 is 1.40. The molecule has 0 spiro atoms. The average Bonchev–Trinajstić information content (AvgIpc) is 3.39. The quantitative estimate of drug-likeness (QED) is 0.716. The number of hydrogen-bond donors (Lipinski definition) is 0. The number of rotatable bonds is 4. The lowest BCUT2D eigenvalue weighted by Gasteiger charge is -2.24. The van der Waals surface area contributed by atoms with Crippen LogP contribution in [0, 0.1) is 0 Å². The number of amidine groups is 1. The van der Waals surface area contributed by atoms with E-state index in [1.54, 1.807) is 18.2 Å². The first-order chi connectivity index (χ1) is 14.5. The lowest BCUT2D eigenvalue weighted by Crippen LogP contribution is -2.39. The van der Waals surface area contributed by atoms with E-state index in [1.807, 2.05) is 35.2 Å². The van der Waals surface area contributed by atoms with Crippen LogP contribution >= 0.6 is 11.8 Å². The fourth-order valence-corrected chi connectivity index (χ4v) is 7.95. The lowest BCUT2D eigenvalue weighted by molar-refractivity contribution is 0.100. The topological polar surface area (TPSA) is 85.3 Å². The second-order valence-corrected chi connectivity index (χ2v) is 10.9. The lowest BCUT2D eigenvalue weighted by atomic mass is 10.1. The van der Waals surface area contributed by atoms with Crippen LogP contribution in [0.25, 0.3) is 0 Å². The average molecular weight is 445 g/mol. The summed E-state index contributed by atoms with van der Waals surface area (Å²) in [6.45, 7) is 0.753. The van der Waals surface area contributed by atoms with Crippen molar-refractivity contribution in [2.24, 2.45) is 4.99 Å². The molecule has 9 heteroatoms. The third kappa shape index (κ3) is 3.79. The molecule has 2 saturated heterocycles. The van der Waals surface area contributed by atoms with E-state index in [0.717, 1.165) is 12.0 Å². The zero-order chi connectivity index (χ0) is 20.7. The van der Waals surface area contributed by atoms with E-state index in [-0.39, 0.29) is 35.5 Å². The van der Waals surface area contributed by atoms with Gasteiger partial charge >= 0.3 is 0 Å². The van der Waals surface area contributed by atoms with Crippen molar-refractivity contribution in [1.82, 2.24) is 4.90 Å². The van der Waals surface area contributed by atoms with Crippen LogP contribution in [0.15, 0.2) is 53.5 Å². The fraction of sp³-hybridized carbons (Fsp3) is 0.333. The van der Waals surface area contributed by atoms with Gasteiger partial charge in [-0.05, 0) is 30.2 Å². The normalized spacial score (nSPS) is 24.9. The first-order valence-corrected chi connectivity index (χ1v) is 12.4. The maximum atomic E-state index is 12.8. The molecule has 0 N–H and O–H groups in total. The molecule has 0 bridgehead atoms. The monoisotopic (exact) mass is 444 g/mol. The Balaban J connectivity index is 1.39. The van der Waals surface area contributed by atoms with Gasteiger partial charge in [0.05, 0.1) is 17.5 Å². The smallest absolute Gasteiger partial charge is 0.279 e. The fourth-order valence-electron chi connectivity index (χ4n) is 3.97. The second kappa shape index (κ2) is 7.63. The van der Waals surface area contributed by atoms with Crippen LogP contribution < -0.4 is 9.47 Å². The van der Waals surface area contributed by atoms with Crippen LogP contribution in [0.1, 0.15) is 15.9 Å². The van der Waals surface area contributed by atoms with Crippen molar-refractivity contribution in [2.45, 2.75) is 17.7 Å². The van der Waals surface area contributed by atoms with Crippen LogP contribution in [0.2, 0.25) is 0 Å². The summed E-state index contributed by atoms with van der Waals surface area (Å²) < 4.78 is 34.9. The largest absolute Gasteiger partial charge is 0.454 e. The van der Waals surface area contributed by atoms with Gasteiger partial charge in [0.2, 0.25) is 6.79 Å². The van der Waals surface area contributed by atoms with E-state index in [0.29, 0.717) is 28.8 Å². The van der Waals surface area contributed by atoms with Crippen LogP contribution in [-0.4, -0.2) is 60.5 Å². The van der Waals surface area contributed by atoms with Gasteiger partial charge < -0.3 is 14.4 Å². The summed E-state index contributed by atoms with van der Waals surface area (Å²) in [6, 6.07) is 14.9. The SMILES string of the molecule is O=C(N=C1S[C@H]2CS(=O)(=O)C[C@H]2N1CCc1ccccc1)c1ccc2c(c1)OCO2. The maximum Gasteiger partial charge on any atom is 0.279 e. The number of aliphatic imine (C=N–C) groups is 1. The summed E-state index contributed by atoms with van der Waals surface area (Å²) in [7, 11) is -3.07. The standard InChI is InChI=1S/C21H20N2O5S2/c24-20(15-6-7-17-18(10-15)28-13-27-17)22-21-23(9-8-14-4-2-1-3-5-14)16-11-30(25,26)12-19(16)29-21/h1-7,10,16,19H,8-9,11-13H2/t16-,19+/m1/s1. The van der Waals surface area contributed by atoms with Crippen LogP contribution in [0.4, 0.5) is 0 Å². The van der Waals surface area contributed by atoms with Crippen molar-refractivity contribution >= 4 is 32.7 Å². The molecule has 3 aliphatic heterocycles. The second-order valence-electron chi connectivity index (χ2n) is 7.50. The first kappa shape index (κ1) is 19.4. The number of sulfone groups is 1. The highest BCUT2D eigenvalue weighted by atomic mass is 32.2. The summed E-state index contributed by atoms with van der Waals surface area (Å²) in [5.41, 5.74) is 1.58. The summed E-state index contributed by atoms with van der Waals surface area (Å²) in [5.74, 6) is 1.00. The van der Waals surface area contributed by atoms with Crippen LogP contribution in [0.5, 0.6) is 11.5 Å². The summed E-state index contributed by atoms with van der Waals surface area (Å²) in [6.07, 6.45) is 0.752. The van der Waals surface area contributed by atoms with Crippen molar-refractivity contribution in [3.8, 4) is 11.5 Å². The molecule has 2 atom stereocenters. The minimum atomic E-state index is -3.07. The van der Waals surface area contributed by atoms with Gasteiger partial charge in [0.25, 0.3) is 5.91 Å². The van der Waals surface area contributed by atoms with E-state index < -0.39 is 9.84 Å². The van der Waals surface area contributed by atoms with E-state index in [9.17, 15) is 13.2 Å². The van der Waals surface area contributed by atoms with Crippen molar-refractivity contribution in [2.75, 3.05) is 24.8 Å². The highest BCUT2D eigenvalue weighted by molar-refractivity contribution is 8.15. The number of fused-ring (bicyclic) bond motifs is 2. The molecule has 2 aromatic rings. The number of ether oxygens (including phenoxy) is 2. The van der Waals surface area contributed by atoms with Gasteiger partial charge in [0, 0.05) is 17.4 Å². The number of hydrogen-bond acceptors (Lipinski definition) is 6. The molecule has 2 fully saturated rings. The van der Waals surface area contributed by atoms with Gasteiger partial charge in [-0.2, -0.15) is 4.99 Å². The summed E-state index contributed by atoms with van der Waals surface area (Å²) in [4.78, 5) is 19.2. The number of thioether (sulfide) groups is 1. The van der Waals surface area contributed by atoms with Crippen molar-refractivity contribution < 1.29 is 22.7 Å². The van der Waals surface area contributed by atoms with Crippen molar-refractivity contribution in [3.63, 3.8) is 0 Å². The third-order valence-corrected chi connectivity index (χ3v) is 8.72. The predicted molar refractivity (Wildman–Crippen MR) is 115 cm³/mol. The maximum absolute atomic E-state index is 12.8.